The quantitative estimate of drug-likeness (QED) is 0.594. The number of nitrogens with zero attached hydrogens (tertiary/aromatic N) is 2. The van der Waals surface area contributed by atoms with Crippen LogP contribution in [-0.2, 0) is 4.79 Å². The van der Waals surface area contributed by atoms with Crippen molar-refractivity contribution in [2.75, 3.05) is 4.90 Å². The Morgan fingerprint density at radius 3 is 2.25 bits per heavy atom. The molecule has 1 N–H and O–H groups in total. The highest BCUT2D eigenvalue weighted by Gasteiger charge is 2.35. The lowest BCUT2D eigenvalue weighted by Crippen LogP contribution is -2.47. The molecule has 0 bridgehead atoms. The molecule has 1 unspecified atom stereocenters. The summed E-state index contributed by atoms with van der Waals surface area (Å²) in [4.78, 5) is 32.9. The summed E-state index contributed by atoms with van der Waals surface area (Å²) in [5.41, 5.74) is 1.33. The maximum Gasteiger partial charge on any atom is 0.277 e. The summed E-state index contributed by atoms with van der Waals surface area (Å²) in [7, 11) is 0. The minimum atomic E-state index is -0.963. The molecule has 1 fully saturated rings. The zero-order valence-electron chi connectivity index (χ0n) is 17.8. The third kappa shape index (κ3) is 5.02. The van der Waals surface area contributed by atoms with Crippen molar-refractivity contribution in [1.82, 2.24) is 10.3 Å². The zero-order valence-corrected chi connectivity index (χ0v) is 17.8. The minimum Gasteiger partial charge on any atom is -0.351 e. The van der Waals surface area contributed by atoms with Crippen molar-refractivity contribution in [1.29, 1.82) is 0 Å². The lowest BCUT2D eigenvalue weighted by atomic mass is 9.94. The summed E-state index contributed by atoms with van der Waals surface area (Å²) in [6.07, 6.45) is 6.69. The highest BCUT2D eigenvalue weighted by Crippen LogP contribution is 2.30. The minimum absolute atomic E-state index is 0.0711. The summed E-state index contributed by atoms with van der Waals surface area (Å²) in [5, 5.41) is 3.14. The van der Waals surface area contributed by atoms with Gasteiger partial charge in [0.2, 0.25) is 5.91 Å². The predicted octanol–water partition coefficient (Wildman–Crippen LogP) is 5.06. The van der Waals surface area contributed by atoms with E-state index < -0.39 is 17.8 Å². The van der Waals surface area contributed by atoms with Gasteiger partial charge in [0.25, 0.3) is 5.91 Å². The molecule has 1 aromatic heterocycles. The summed E-state index contributed by atoms with van der Waals surface area (Å²) in [6, 6.07) is 19.0. The van der Waals surface area contributed by atoms with Gasteiger partial charge in [0.15, 0.2) is 0 Å². The zero-order chi connectivity index (χ0) is 22.3. The van der Waals surface area contributed by atoms with Crippen molar-refractivity contribution in [3.63, 3.8) is 0 Å². The molecule has 3 aromatic rings. The number of carbonyl (C=O) groups is 2. The molecule has 2 aromatic carbocycles. The smallest absolute Gasteiger partial charge is 0.277 e. The molecule has 1 saturated carbocycles. The molecule has 0 spiro atoms. The van der Waals surface area contributed by atoms with Gasteiger partial charge in [0, 0.05) is 17.9 Å². The summed E-state index contributed by atoms with van der Waals surface area (Å²) >= 11 is 0. The van der Waals surface area contributed by atoms with Crippen LogP contribution in [0.3, 0.4) is 0 Å². The Labute approximate surface area is 187 Å². The maximum absolute atomic E-state index is 13.7. The van der Waals surface area contributed by atoms with E-state index in [-0.39, 0.29) is 17.6 Å². The van der Waals surface area contributed by atoms with Crippen LogP contribution in [0.4, 0.5) is 10.1 Å². The van der Waals surface area contributed by atoms with Crippen LogP contribution in [0, 0.1) is 5.82 Å². The van der Waals surface area contributed by atoms with E-state index in [4.69, 9.17) is 0 Å². The van der Waals surface area contributed by atoms with Crippen molar-refractivity contribution in [2.45, 2.75) is 44.2 Å². The molecule has 0 radical (unpaired) electrons. The molecule has 0 saturated heterocycles. The van der Waals surface area contributed by atoms with Gasteiger partial charge in [-0.25, -0.2) is 4.39 Å². The number of nitrogens with one attached hydrogen (secondary N) is 1. The third-order valence-electron chi connectivity index (χ3n) is 5.78. The van der Waals surface area contributed by atoms with Crippen molar-refractivity contribution in [3.8, 4) is 0 Å². The normalized spacial score (nSPS) is 15.0. The Morgan fingerprint density at radius 2 is 1.59 bits per heavy atom. The van der Waals surface area contributed by atoms with E-state index in [9.17, 15) is 14.0 Å². The topological polar surface area (TPSA) is 62.3 Å². The van der Waals surface area contributed by atoms with Crippen molar-refractivity contribution in [3.05, 3.63) is 96.1 Å². The van der Waals surface area contributed by atoms with Crippen LogP contribution in [-0.4, -0.2) is 22.8 Å². The number of benzene rings is 2. The average Bonchev–Trinajstić information content (AvgIpc) is 2.84. The molecule has 2 amide bonds. The second-order valence-corrected chi connectivity index (χ2v) is 8.02. The van der Waals surface area contributed by atoms with Crippen LogP contribution in [0.1, 0.15) is 54.2 Å². The lowest BCUT2D eigenvalue weighted by Gasteiger charge is -2.33. The first-order valence-corrected chi connectivity index (χ1v) is 11.0. The lowest BCUT2D eigenvalue weighted by molar-refractivity contribution is -0.123. The first-order valence-electron chi connectivity index (χ1n) is 11.0. The van der Waals surface area contributed by atoms with E-state index in [1.165, 1.54) is 23.5 Å². The third-order valence-corrected chi connectivity index (χ3v) is 5.78. The van der Waals surface area contributed by atoms with E-state index in [0.717, 1.165) is 25.7 Å². The van der Waals surface area contributed by atoms with Gasteiger partial charge >= 0.3 is 0 Å². The van der Waals surface area contributed by atoms with Crippen LogP contribution < -0.4 is 10.2 Å². The van der Waals surface area contributed by atoms with Gasteiger partial charge in [-0.1, -0.05) is 55.7 Å². The Hall–Kier alpha value is -3.54. The molecule has 32 heavy (non-hydrogen) atoms. The van der Waals surface area contributed by atoms with Crippen LogP contribution in [0.25, 0.3) is 0 Å². The SMILES string of the molecule is O=C(NC1CCCCC1)C(c1ccc(F)cc1)N(C(=O)c1ccccn1)c1ccccc1. The van der Waals surface area contributed by atoms with Crippen molar-refractivity contribution in [2.24, 2.45) is 0 Å². The Morgan fingerprint density at radius 1 is 0.906 bits per heavy atom. The fourth-order valence-electron chi connectivity index (χ4n) is 4.17. The van der Waals surface area contributed by atoms with E-state index in [1.807, 2.05) is 18.2 Å². The van der Waals surface area contributed by atoms with E-state index >= 15 is 0 Å². The average molecular weight is 432 g/mol. The number of hydrogen-bond donors (Lipinski definition) is 1. The molecule has 1 atom stereocenters. The number of pyridine rings is 1. The summed E-state index contributed by atoms with van der Waals surface area (Å²) in [6.45, 7) is 0. The number of carbonyl (C=O) groups excluding carboxylic acids is 2. The van der Waals surface area contributed by atoms with Gasteiger partial charge in [0.05, 0.1) is 0 Å². The number of para-hydroxylation sites is 1. The van der Waals surface area contributed by atoms with Gasteiger partial charge in [-0.2, -0.15) is 0 Å². The van der Waals surface area contributed by atoms with Crippen LogP contribution in [0.5, 0.6) is 0 Å². The standard InChI is InChI=1S/C26H26FN3O2/c27-20-16-14-19(15-17-20)24(25(31)29-21-9-3-1-4-10-21)30(22-11-5-2-6-12-22)26(32)23-13-7-8-18-28-23/h2,5-8,11-18,21,24H,1,3-4,9-10H2,(H,29,31). The molecule has 0 aliphatic heterocycles. The largest absolute Gasteiger partial charge is 0.351 e. The highest BCUT2D eigenvalue weighted by molar-refractivity contribution is 6.09. The summed E-state index contributed by atoms with van der Waals surface area (Å²) in [5.74, 6) is -1.08. The fraction of sp³-hybridized carbons (Fsp3) is 0.269. The molecule has 1 heterocycles. The molecule has 4 rings (SSSR count). The first kappa shape index (κ1) is 21.7. The maximum atomic E-state index is 13.7. The number of amides is 2. The van der Waals surface area contributed by atoms with Gasteiger partial charge in [-0.15, -0.1) is 0 Å². The van der Waals surface area contributed by atoms with Gasteiger partial charge in [0.1, 0.15) is 17.6 Å². The first-order chi connectivity index (χ1) is 15.6. The molecule has 164 valence electrons. The van der Waals surface area contributed by atoms with Crippen LogP contribution >= 0.6 is 0 Å². The second kappa shape index (κ2) is 10.2. The molecule has 1 aliphatic carbocycles. The number of hydrogen-bond acceptors (Lipinski definition) is 3. The Kier molecular flexibility index (Phi) is 6.90. The second-order valence-electron chi connectivity index (χ2n) is 8.02. The number of rotatable bonds is 6. The molecular weight excluding hydrogens is 405 g/mol. The van der Waals surface area contributed by atoms with E-state index in [1.54, 1.807) is 48.7 Å². The molecule has 6 heteroatoms. The molecular formula is C26H26FN3O2. The van der Waals surface area contributed by atoms with Gasteiger partial charge < -0.3 is 5.32 Å². The van der Waals surface area contributed by atoms with Gasteiger partial charge in [-0.3, -0.25) is 19.5 Å². The van der Waals surface area contributed by atoms with E-state index in [2.05, 4.69) is 10.3 Å². The highest BCUT2D eigenvalue weighted by atomic mass is 19.1. The molecule has 5 nitrogen and oxygen atoms in total. The van der Waals surface area contributed by atoms with Gasteiger partial charge in [-0.05, 0) is 54.8 Å². The van der Waals surface area contributed by atoms with Crippen molar-refractivity contribution >= 4 is 17.5 Å². The predicted molar refractivity (Wildman–Crippen MR) is 122 cm³/mol. The summed E-state index contributed by atoms with van der Waals surface area (Å²) < 4.78 is 13.7. The van der Waals surface area contributed by atoms with Crippen molar-refractivity contribution < 1.29 is 14.0 Å². The van der Waals surface area contributed by atoms with Crippen LogP contribution in [0.2, 0.25) is 0 Å². The monoisotopic (exact) mass is 431 g/mol. The number of aromatic nitrogens is 1. The number of halogens is 1. The fourth-order valence-corrected chi connectivity index (χ4v) is 4.17. The Balaban J connectivity index is 1.77. The van der Waals surface area contributed by atoms with Crippen LogP contribution in [0.15, 0.2) is 79.0 Å². The molecule has 1 aliphatic rings. The van der Waals surface area contributed by atoms with E-state index in [0.29, 0.717) is 11.3 Å². The number of anilines is 1. The Bertz CT molecular complexity index is 1040.